The van der Waals surface area contributed by atoms with Crippen molar-refractivity contribution in [3.05, 3.63) is 32.7 Å². The van der Waals surface area contributed by atoms with Gasteiger partial charge in [-0.1, -0.05) is 28.4 Å². The van der Waals surface area contributed by atoms with Gasteiger partial charge >= 0.3 is 6.18 Å². The topological polar surface area (TPSA) is 40.0 Å². The monoisotopic (exact) mass is 477 g/mol. The summed E-state index contributed by atoms with van der Waals surface area (Å²) < 4.78 is 50.6. The van der Waals surface area contributed by atoms with Crippen LogP contribution in [0.4, 0.5) is 13.2 Å². The number of alkyl halides is 3. The fourth-order valence-electron chi connectivity index (χ4n) is 1.68. The maximum Gasteiger partial charge on any atom is 0.420 e. The predicted molar refractivity (Wildman–Crippen MR) is 99.7 cm³/mol. The quantitative estimate of drug-likeness (QED) is 0.234. The molecule has 0 radical (unpaired) electrons. The third-order valence-corrected chi connectivity index (χ3v) is 3.44. The summed E-state index contributed by atoms with van der Waals surface area (Å²) in [5, 5.41) is 3.52. The van der Waals surface area contributed by atoms with Crippen molar-refractivity contribution in [2.75, 3.05) is 19.8 Å². The second-order valence-electron chi connectivity index (χ2n) is 5.16. The van der Waals surface area contributed by atoms with Gasteiger partial charge in [0.05, 0.1) is 21.3 Å². The summed E-state index contributed by atoms with van der Waals surface area (Å²) in [6.45, 7) is 3.70. The molecule has 0 aliphatic carbocycles. The summed E-state index contributed by atoms with van der Waals surface area (Å²) in [6, 6.07) is 2.09. The largest absolute Gasteiger partial charge is 0.491 e. The van der Waals surface area contributed by atoms with E-state index in [0.29, 0.717) is 6.42 Å². The number of hydrogen-bond donors (Lipinski definition) is 0. The number of halogens is 6. The van der Waals surface area contributed by atoms with Crippen molar-refractivity contribution in [2.45, 2.75) is 26.4 Å². The van der Waals surface area contributed by atoms with Crippen LogP contribution in [-0.4, -0.2) is 25.5 Å². The fraction of sp³-hybridized carbons (Fsp3) is 0.438. The Morgan fingerprint density at radius 3 is 2.50 bits per heavy atom. The zero-order valence-electron chi connectivity index (χ0n) is 14.0. The number of benzene rings is 1. The Bertz CT molecular complexity index is 659. The van der Waals surface area contributed by atoms with Crippen molar-refractivity contribution in [1.82, 2.24) is 0 Å². The average Bonchev–Trinajstić information content (AvgIpc) is 2.50. The lowest BCUT2D eigenvalue weighted by atomic mass is 10.1. The van der Waals surface area contributed by atoms with Gasteiger partial charge in [0.1, 0.15) is 30.3 Å². The molecule has 0 saturated carbocycles. The van der Waals surface area contributed by atoms with E-state index in [0.717, 1.165) is 11.8 Å². The molecule has 0 aliphatic rings. The third kappa shape index (κ3) is 8.51. The summed E-state index contributed by atoms with van der Waals surface area (Å²) in [6.07, 6.45) is -2.87. The standard InChI is InChI=1S/C16H17BrCl2F3NO3/c1-10(2)23-26-6-3-5-25-15-12(16(20,21)22)8-11(9-13(15)18)24-7-4-14(17)19/h4,8-9H,3,5-7H2,1-2H3/b14-4-. The Labute approximate surface area is 168 Å². The molecule has 0 aromatic heterocycles. The molecule has 10 heteroatoms. The predicted octanol–water partition coefficient (Wildman–Crippen LogP) is 6.39. The molecule has 0 spiro atoms. The van der Waals surface area contributed by atoms with Crippen LogP contribution in [0.25, 0.3) is 0 Å². The van der Waals surface area contributed by atoms with Crippen molar-refractivity contribution in [2.24, 2.45) is 5.16 Å². The molecule has 0 heterocycles. The second-order valence-corrected chi connectivity index (χ2v) is 7.28. The Kier molecular flexibility index (Phi) is 9.60. The van der Waals surface area contributed by atoms with Crippen LogP contribution in [0.1, 0.15) is 25.8 Å². The number of hydrogen-bond acceptors (Lipinski definition) is 4. The Morgan fingerprint density at radius 1 is 1.23 bits per heavy atom. The molecule has 146 valence electrons. The molecule has 26 heavy (non-hydrogen) atoms. The highest BCUT2D eigenvalue weighted by molar-refractivity contribution is 9.12. The summed E-state index contributed by atoms with van der Waals surface area (Å²) >= 11 is 14.5. The molecule has 0 unspecified atom stereocenters. The van der Waals surface area contributed by atoms with Crippen LogP contribution in [0.5, 0.6) is 11.5 Å². The lowest BCUT2D eigenvalue weighted by Gasteiger charge is -2.17. The van der Waals surface area contributed by atoms with Gasteiger partial charge in [0.25, 0.3) is 0 Å². The van der Waals surface area contributed by atoms with Gasteiger partial charge in [-0.3, -0.25) is 0 Å². The number of ether oxygens (including phenoxy) is 2. The number of oxime groups is 1. The van der Waals surface area contributed by atoms with E-state index in [-0.39, 0.29) is 34.5 Å². The number of nitrogens with zero attached hydrogens (tertiary/aromatic N) is 1. The molecule has 4 nitrogen and oxygen atoms in total. The first kappa shape index (κ1) is 22.9. The molecule has 0 N–H and O–H groups in total. The molecule has 0 saturated heterocycles. The molecular formula is C16H17BrCl2F3NO3. The summed E-state index contributed by atoms with van der Waals surface area (Å²) in [5.74, 6) is -0.497. The zero-order valence-corrected chi connectivity index (χ0v) is 17.1. The van der Waals surface area contributed by atoms with Crippen LogP contribution in [0.2, 0.25) is 5.02 Å². The molecule has 0 aliphatic heterocycles. The molecular weight excluding hydrogens is 462 g/mol. The summed E-state index contributed by atoms with van der Waals surface area (Å²) in [5.41, 5.74) is -0.280. The normalized spacial score (nSPS) is 11.9. The highest BCUT2D eigenvalue weighted by atomic mass is 79.9. The minimum atomic E-state index is -4.65. The average molecular weight is 479 g/mol. The van der Waals surface area contributed by atoms with Crippen molar-refractivity contribution in [3.63, 3.8) is 0 Å². The third-order valence-electron chi connectivity index (χ3n) is 2.68. The Balaban J connectivity index is 2.83. The maximum absolute atomic E-state index is 13.3. The van der Waals surface area contributed by atoms with Gasteiger partial charge in [-0.15, -0.1) is 0 Å². The van der Waals surface area contributed by atoms with Gasteiger partial charge in [-0.2, -0.15) is 13.2 Å². The van der Waals surface area contributed by atoms with Gasteiger partial charge in [-0.05, 0) is 41.9 Å². The van der Waals surface area contributed by atoms with Crippen LogP contribution in [-0.2, 0) is 11.0 Å². The SMILES string of the molecule is CC(C)=NOCCCOc1c(Cl)cc(OC/C=C(\Cl)Br)cc1C(F)(F)F. The Morgan fingerprint density at radius 2 is 1.92 bits per heavy atom. The highest BCUT2D eigenvalue weighted by Gasteiger charge is 2.36. The molecule has 0 amide bonds. The first-order valence-electron chi connectivity index (χ1n) is 7.42. The second kappa shape index (κ2) is 10.9. The molecule has 0 fully saturated rings. The van der Waals surface area contributed by atoms with Crippen molar-refractivity contribution >= 4 is 44.8 Å². The lowest BCUT2D eigenvalue weighted by molar-refractivity contribution is -0.139. The van der Waals surface area contributed by atoms with E-state index in [1.165, 1.54) is 12.1 Å². The van der Waals surface area contributed by atoms with E-state index in [9.17, 15) is 13.2 Å². The first-order chi connectivity index (χ1) is 12.1. The minimum absolute atomic E-state index is 0.0107. The summed E-state index contributed by atoms with van der Waals surface area (Å²) in [7, 11) is 0. The smallest absolute Gasteiger partial charge is 0.420 e. The highest BCUT2D eigenvalue weighted by Crippen LogP contribution is 2.43. The van der Waals surface area contributed by atoms with E-state index in [2.05, 4.69) is 21.1 Å². The zero-order chi connectivity index (χ0) is 19.7. The van der Waals surface area contributed by atoms with Crippen LogP contribution in [0.3, 0.4) is 0 Å². The fourth-order valence-corrected chi connectivity index (χ4v) is 2.14. The molecule has 0 atom stereocenters. The van der Waals surface area contributed by atoms with Gasteiger partial charge < -0.3 is 14.3 Å². The van der Waals surface area contributed by atoms with Gasteiger partial charge in [-0.25, -0.2) is 0 Å². The molecule has 1 aromatic carbocycles. The Hall–Kier alpha value is -1.12. The van der Waals surface area contributed by atoms with E-state index in [1.807, 2.05) is 0 Å². The molecule has 0 bridgehead atoms. The van der Waals surface area contributed by atoms with Gasteiger partial charge in [0, 0.05) is 12.5 Å². The molecule has 1 aromatic rings. The number of rotatable bonds is 9. The van der Waals surface area contributed by atoms with E-state index < -0.39 is 17.5 Å². The van der Waals surface area contributed by atoms with E-state index in [1.54, 1.807) is 13.8 Å². The lowest BCUT2D eigenvalue weighted by Crippen LogP contribution is -2.11. The van der Waals surface area contributed by atoms with Crippen LogP contribution in [0.15, 0.2) is 27.3 Å². The van der Waals surface area contributed by atoms with Crippen molar-refractivity contribution < 1.29 is 27.5 Å². The van der Waals surface area contributed by atoms with Crippen molar-refractivity contribution in [3.8, 4) is 11.5 Å². The van der Waals surface area contributed by atoms with Crippen molar-refractivity contribution in [1.29, 1.82) is 0 Å². The van der Waals surface area contributed by atoms with Crippen LogP contribution in [0, 0.1) is 0 Å². The minimum Gasteiger partial charge on any atom is -0.491 e. The first-order valence-corrected chi connectivity index (χ1v) is 8.96. The van der Waals surface area contributed by atoms with Crippen LogP contribution >= 0.6 is 39.1 Å². The van der Waals surface area contributed by atoms with Gasteiger partial charge in [0.15, 0.2) is 0 Å². The van der Waals surface area contributed by atoms with E-state index >= 15 is 0 Å². The summed E-state index contributed by atoms with van der Waals surface area (Å²) in [4.78, 5) is 4.96. The maximum atomic E-state index is 13.3. The van der Waals surface area contributed by atoms with Gasteiger partial charge in [0.2, 0.25) is 0 Å². The van der Waals surface area contributed by atoms with Crippen LogP contribution < -0.4 is 9.47 Å². The molecule has 1 rings (SSSR count). The van der Waals surface area contributed by atoms with E-state index in [4.69, 9.17) is 37.5 Å².